The van der Waals surface area contributed by atoms with Gasteiger partial charge in [0.2, 0.25) is 0 Å². The van der Waals surface area contributed by atoms with Crippen molar-refractivity contribution in [3.05, 3.63) is 65.2 Å². The molecule has 0 fully saturated rings. The molecule has 2 amide bonds. The van der Waals surface area contributed by atoms with Crippen LogP contribution < -0.4 is 4.90 Å². The van der Waals surface area contributed by atoms with Crippen molar-refractivity contribution in [1.82, 2.24) is 0 Å². The molecule has 0 bridgehead atoms. The van der Waals surface area contributed by atoms with E-state index in [-0.39, 0.29) is 5.56 Å². The summed E-state index contributed by atoms with van der Waals surface area (Å²) < 4.78 is 0. The fourth-order valence-corrected chi connectivity index (χ4v) is 2.25. The van der Waals surface area contributed by atoms with Crippen molar-refractivity contribution < 1.29 is 14.4 Å². The van der Waals surface area contributed by atoms with Gasteiger partial charge in [-0.15, -0.1) is 0 Å². The number of carbonyl (C=O) groups excluding carboxylic acids is 3. The van der Waals surface area contributed by atoms with Crippen molar-refractivity contribution in [3.63, 3.8) is 0 Å². The summed E-state index contributed by atoms with van der Waals surface area (Å²) in [5.74, 6) is -1.45. The standard InChI is InChI=1S/C16H8N2O3/c17-9-14(19)10-5-7-11(8-6-10)18-15(20)12-3-1-2-4-13(12)16(18)21/h1-8H. The Morgan fingerprint density at radius 3 is 1.90 bits per heavy atom. The molecule has 0 aromatic heterocycles. The van der Waals surface area contributed by atoms with Crippen LogP contribution in [0, 0.1) is 11.3 Å². The Morgan fingerprint density at radius 2 is 1.43 bits per heavy atom. The summed E-state index contributed by atoms with van der Waals surface area (Å²) in [5.41, 5.74) is 1.31. The van der Waals surface area contributed by atoms with Gasteiger partial charge in [-0.2, -0.15) is 5.26 Å². The van der Waals surface area contributed by atoms with Crippen molar-refractivity contribution in [3.8, 4) is 6.07 Å². The molecular formula is C16H8N2O3. The quantitative estimate of drug-likeness (QED) is 0.478. The van der Waals surface area contributed by atoms with Crippen molar-refractivity contribution in [2.24, 2.45) is 0 Å². The van der Waals surface area contributed by atoms with Gasteiger partial charge in [-0.3, -0.25) is 14.4 Å². The highest BCUT2D eigenvalue weighted by molar-refractivity contribution is 6.34. The smallest absolute Gasteiger partial charge is 0.266 e. The first-order valence-corrected chi connectivity index (χ1v) is 6.16. The minimum Gasteiger partial charge on any atom is -0.277 e. The van der Waals surface area contributed by atoms with Crippen LogP contribution in [0.15, 0.2) is 48.5 Å². The van der Waals surface area contributed by atoms with Crippen LogP contribution in [-0.4, -0.2) is 17.6 Å². The summed E-state index contributed by atoms with van der Waals surface area (Å²) in [6.07, 6.45) is 0. The van der Waals surface area contributed by atoms with Crippen LogP contribution in [0.2, 0.25) is 0 Å². The summed E-state index contributed by atoms with van der Waals surface area (Å²) in [6.45, 7) is 0. The molecule has 100 valence electrons. The largest absolute Gasteiger partial charge is 0.277 e. The molecule has 1 aliphatic rings. The highest BCUT2D eigenvalue weighted by atomic mass is 16.2. The molecule has 0 radical (unpaired) electrons. The van der Waals surface area contributed by atoms with Crippen molar-refractivity contribution in [2.45, 2.75) is 0 Å². The molecule has 2 aromatic rings. The fraction of sp³-hybridized carbons (Fsp3) is 0. The van der Waals surface area contributed by atoms with Gasteiger partial charge in [0, 0.05) is 5.56 Å². The summed E-state index contributed by atoms with van der Waals surface area (Å²) in [7, 11) is 0. The van der Waals surface area contributed by atoms with E-state index in [4.69, 9.17) is 5.26 Å². The Hall–Kier alpha value is -3.26. The van der Waals surface area contributed by atoms with Crippen molar-refractivity contribution in [2.75, 3.05) is 4.90 Å². The SMILES string of the molecule is N#CC(=O)c1ccc(N2C(=O)c3ccccc3C2=O)cc1. The molecule has 0 saturated carbocycles. The lowest BCUT2D eigenvalue weighted by atomic mass is 10.1. The van der Waals surface area contributed by atoms with Crippen molar-refractivity contribution >= 4 is 23.3 Å². The van der Waals surface area contributed by atoms with E-state index in [1.165, 1.54) is 30.3 Å². The number of Topliss-reactive ketones (excluding diaryl/α,β-unsaturated/α-hetero) is 1. The first kappa shape index (κ1) is 12.8. The van der Waals surface area contributed by atoms with Gasteiger partial charge in [0.05, 0.1) is 16.8 Å². The number of hydrogen-bond acceptors (Lipinski definition) is 4. The van der Waals surface area contributed by atoms with Crippen LogP contribution >= 0.6 is 0 Å². The van der Waals surface area contributed by atoms with Gasteiger partial charge in [0.25, 0.3) is 17.6 Å². The molecule has 0 unspecified atom stereocenters. The number of benzene rings is 2. The second-order valence-electron chi connectivity index (χ2n) is 4.48. The lowest BCUT2D eigenvalue weighted by Crippen LogP contribution is -2.29. The van der Waals surface area contributed by atoms with E-state index in [1.54, 1.807) is 24.3 Å². The average molecular weight is 276 g/mol. The molecule has 0 aliphatic carbocycles. The first-order valence-electron chi connectivity index (χ1n) is 6.16. The molecule has 0 N–H and O–H groups in total. The molecular weight excluding hydrogens is 268 g/mol. The van der Waals surface area contributed by atoms with Gasteiger partial charge >= 0.3 is 0 Å². The van der Waals surface area contributed by atoms with Gasteiger partial charge in [0.15, 0.2) is 0 Å². The van der Waals surface area contributed by atoms with Gasteiger partial charge in [-0.1, -0.05) is 12.1 Å². The minimum absolute atomic E-state index is 0.220. The molecule has 1 aliphatic heterocycles. The number of hydrogen-bond donors (Lipinski definition) is 0. The Bertz CT molecular complexity index is 781. The predicted molar refractivity (Wildman–Crippen MR) is 74.0 cm³/mol. The number of imide groups is 1. The number of ketones is 1. The maximum atomic E-state index is 12.3. The predicted octanol–water partition coefficient (Wildman–Crippen LogP) is 2.19. The number of nitriles is 1. The molecule has 2 aromatic carbocycles. The molecule has 0 spiro atoms. The Kier molecular flexibility index (Phi) is 2.85. The van der Waals surface area contributed by atoms with Gasteiger partial charge in [0.1, 0.15) is 6.07 Å². The topological polar surface area (TPSA) is 78.2 Å². The lowest BCUT2D eigenvalue weighted by molar-refractivity contribution is 0.0925. The number of carbonyl (C=O) groups is 3. The van der Waals surface area contributed by atoms with E-state index >= 15 is 0 Å². The van der Waals surface area contributed by atoms with Crippen LogP contribution in [0.4, 0.5) is 5.69 Å². The third kappa shape index (κ3) is 1.90. The number of nitrogens with zero attached hydrogens (tertiary/aromatic N) is 2. The maximum Gasteiger partial charge on any atom is 0.266 e. The molecule has 1 heterocycles. The van der Waals surface area contributed by atoms with Crippen molar-refractivity contribution in [1.29, 1.82) is 5.26 Å². The average Bonchev–Trinajstić information content (AvgIpc) is 2.79. The van der Waals surface area contributed by atoms with E-state index in [1.807, 2.05) is 0 Å². The van der Waals surface area contributed by atoms with E-state index < -0.39 is 17.6 Å². The summed E-state index contributed by atoms with van der Waals surface area (Å²) in [4.78, 5) is 36.8. The summed E-state index contributed by atoms with van der Waals surface area (Å²) >= 11 is 0. The van der Waals surface area contributed by atoms with E-state index in [0.717, 1.165) is 4.90 Å². The third-order valence-corrected chi connectivity index (χ3v) is 3.28. The second-order valence-corrected chi connectivity index (χ2v) is 4.48. The fourth-order valence-electron chi connectivity index (χ4n) is 2.25. The third-order valence-electron chi connectivity index (χ3n) is 3.28. The van der Waals surface area contributed by atoms with Gasteiger partial charge < -0.3 is 0 Å². The minimum atomic E-state index is -0.663. The first-order chi connectivity index (χ1) is 10.1. The Labute approximate surface area is 120 Å². The maximum absolute atomic E-state index is 12.3. The monoisotopic (exact) mass is 276 g/mol. The Balaban J connectivity index is 2.00. The number of anilines is 1. The summed E-state index contributed by atoms with van der Waals surface area (Å²) in [6, 6.07) is 13.9. The van der Waals surface area contributed by atoms with E-state index in [2.05, 4.69) is 0 Å². The van der Waals surface area contributed by atoms with Crippen LogP contribution in [-0.2, 0) is 0 Å². The summed E-state index contributed by atoms with van der Waals surface area (Å²) in [5, 5.41) is 8.55. The lowest BCUT2D eigenvalue weighted by Gasteiger charge is -2.13. The van der Waals surface area contributed by atoms with Crippen LogP contribution in [0.3, 0.4) is 0 Å². The van der Waals surface area contributed by atoms with E-state index in [0.29, 0.717) is 16.8 Å². The second kappa shape index (κ2) is 4.69. The highest BCUT2D eigenvalue weighted by Gasteiger charge is 2.36. The Morgan fingerprint density at radius 1 is 0.905 bits per heavy atom. The molecule has 5 nitrogen and oxygen atoms in total. The van der Waals surface area contributed by atoms with Crippen LogP contribution in [0.25, 0.3) is 0 Å². The number of amides is 2. The number of fused-ring (bicyclic) bond motifs is 1. The molecule has 3 rings (SSSR count). The van der Waals surface area contributed by atoms with Gasteiger partial charge in [-0.05, 0) is 36.4 Å². The molecule has 0 saturated heterocycles. The normalized spacial score (nSPS) is 13.0. The van der Waals surface area contributed by atoms with Crippen LogP contribution in [0.1, 0.15) is 31.1 Å². The molecule has 0 atom stereocenters. The molecule has 5 heteroatoms. The zero-order valence-electron chi connectivity index (χ0n) is 10.7. The van der Waals surface area contributed by atoms with E-state index in [9.17, 15) is 14.4 Å². The molecule has 21 heavy (non-hydrogen) atoms. The van der Waals surface area contributed by atoms with Crippen LogP contribution in [0.5, 0.6) is 0 Å². The zero-order chi connectivity index (χ0) is 15.0. The zero-order valence-corrected chi connectivity index (χ0v) is 10.7. The number of rotatable bonds is 2. The van der Waals surface area contributed by atoms with Gasteiger partial charge in [-0.25, -0.2) is 4.90 Å². The highest BCUT2D eigenvalue weighted by Crippen LogP contribution is 2.28.